The number of aliphatic hydroxyl groups excluding tert-OH is 1. The molecule has 0 fully saturated rings. The molecule has 1 aromatic heterocycles. The van der Waals surface area contributed by atoms with Gasteiger partial charge in [-0.2, -0.15) is 13.5 Å². The lowest BCUT2D eigenvalue weighted by atomic mass is 10.4. The number of ether oxygens (including phenoxy) is 1. The molecule has 1 N–H and O–H groups in total. The van der Waals surface area contributed by atoms with Gasteiger partial charge in [0.1, 0.15) is 6.10 Å². The summed E-state index contributed by atoms with van der Waals surface area (Å²) in [5, 5.41) is 8.72. The third-order valence-electron chi connectivity index (χ3n) is 1.29. The van der Waals surface area contributed by atoms with Crippen LogP contribution in [0.25, 0.3) is 0 Å². The van der Waals surface area contributed by atoms with Crippen LogP contribution in [0.3, 0.4) is 0 Å². The Morgan fingerprint density at radius 1 is 1.69 bits per heavy atom. The molecule has 0 unspecified atom stereocenters. The molecule has 0 bridgehead atoms. The van der Waals surface area contributed by atoms with Crippen molar-refractivity contribution in [2.75, 3.05) is 6.61 Å². The Morgan fingerprint density at radius 3 is 2.92 bits per heavy atom. The van der Waals surface area contributed by atoms with Gasteiger partial charge in [0.15, 0.2) is 0 Å². The van der Waals surface area contributed by atoms with E-state index in [1.54, 1.807) is 19.2 Å². The van der Waals surface area contributed by atoms with E-state index < -0.39 is 0 Å². The summed E-state index contributed by atoms with van der Waals surface area (Å²) in [7, 11) is 0. The molecule has 0 saturated carbocycles. The van der Waals surface area contributed by atoms with Crippen LogP contribution in [0.2, 0.25) is 0 Å². The van der Waals surface area contributed by atoms with E-state index in [1.165, 1.54) is 0 Å². The molecule has 0 spiro atoms. The molecule has 0 radical (unpaired) electrons. The van der Waals surface area contributed by atoms with E-state index in [2.05, 4.69) is 20.9 Å². The minimum Gasteiger partial charge on any atom is -0.471 e. The lowest BCUT2D eigenvalue weighted by Gasteiger charge is -2.11. The summed E-state index contributed by atoms with van der Waals surface area (Å²) >= 11 is 3.28. The number of hydrogen-bond acceptors (Lipinski definition) is 3. The van der Waals surface area contributed by atoms with Crippen molar-refractivity contribution in [3.63, 3.8) is 0 Å². The summed E-state index contributed by atoms with van der Waals surface area (Å²) in [6.07, 6.45) is 1.42. The first-order valence-electron chi connectivity index (χ1n) is 3.62. The van der Waals surface area contributed by atoms with E-state index >= 15 is 0 Å². The molecule has 1 rings (SSSR count). The largest absolute Gasteiger partial charge is 0.471 e. The van der Waals surface area contributed by atoms with Gasteiger partial charge in [0.25, 0.3) is 0 Å². The molecule has 1 heterocycles. The quantitative estimate of drug-likeness (QED) is 0.905. The number of aliphatic hydroxyl groups is 1. The number of halogens is 1. The minimum absolute atomic E-state index is 0. The molecule has 1 aromatic rings. The fourth-order valence-corrected chi connectivity index (χ4v) is 1.03. The lowest BCUT2D eigenvalue weighted by molar-refractivity contribution is 0.124. The van der Waals surface area contributed by atoms with Crippen LogP contribution in [-0.4, -0.2) is 22.8 Å². The van der Waals surface area contributed by atoms with Crippen molar-refractivity contribution in [1.29, 1.82) is 0 Å². The van der Waals surface area contributed by atoms with Crippen LogP contribution >= 0.6 is 29.4 Å². The Balaban J connectivity index is 0.00000144. The van der Waals surface area contributed by atoms with Crippen LogP contribution in [-0.2, 0) is 0 Å². The molecule has 1 atom stereocenters. The first kappa shape index (κ1) is 12.7. The van der Waals surface area contributed by atoms with E-state index in [4.69, 9.17) is 9.84 Å². The topological polar surface area (TPSA) is 42.4 Å². The highest BCUT2D eigenvalue weighted by Crippen LogP contribution is 2.21. The van der Waals surface area contributed by atoms with Gasteiger partial charge in [0.2, 0.25) is 5.88 Å². The predicted octanol–water partition coefficient (Wildman–Crippen LogP) is 1.72. The average molecular weight is 266 g/mol. The molecule has 0 amide bonds. The molecule has 0 saturated heterocycles. The number of aromatic nitrogens is 1. The van der Waals surface area contributed by atoms with Gasteiger partial charge in [-0.1, -0.05) is 0 Å². The highest BCUT2D eigenvalue weighted by Gasteiger charge is 2.05. The Labute approximate surface area is 92.7 Å². The summed E-state index contributed by atoms with van der Waals surface area (Å²) in [6.45, 7) is 1.77. The van der Waals surface area contributed by atoms with Gasteiger partial charge in [-0.15, -0.1) is 0 Å². The van der Waals surface area contributed by atoms with E-state index in [-0.39, 0.29) is 26.2 Å². The molecule has 0 aliphatic heterocycles. The second-order valence-electron chi connectivity index (χ2n) is 2.40. The highest BCUT2D eigenvalue weighted by atomic mass is 79.9. The summed E-state index contributed by atoms with van der Waals surface area (Å²) in [5.74, 6) is 0.513. The van der Waals surface area contributed by atoms with E-state index in [9.17, 15) is 0 Å². The van der Waals surface area contributed by atoms with Gasteiger partial charge >= 0.3 is 0 Å². The van der Waals surface area contributed by atoms with Crippen LogP contribution in [0.15, 0.2) is 22.8 Å². The molecule has 3 nitrogen and oxygen atoms in total. The fourth-order valence-electron chi connectivity index (χ4n) is 0.686. The maximum absolute atomic E-state index is 8.72. The SMILES string of the molecule is C[C@@H](CO)Oc1ncccc1Br.S. The van der Waals surface area contributed by atoms with Crippen molar-refractivity contribution >= 4 is 29.4 Å². The fraction of sp³-hybridized carbons (Fsp3) is 0.375. The summed E-state index contributed by atoms with van der Waals surface area (Å²) in [4.78, 5) is 3.99. The Morgan fingerprint density at radius 2 is 2.38 bits per heavy atom. The van der Waals surface area contributed by atoms with Gasteiger partial charge in [-0.3, -0.25) is 0 Å². The molecule has 0 aliphatic carbocycles. The molecule has 0 aromatic carbocycles. The van der Waals surface area contributed by atoms with Crippen LogP contribution in [0.4, 0.5) is 0 Å². The van der Waals surface area contributed by atoms with Crippen molar-refractivity contribution in [1.82, 2.24) is 4.98 Å². The maximum Gasteiger partial charge on any atom is 0.228 e. The molecular formula is C8H12BrNO2S. The molecule has 74 valence electrons. The Hall–Kier alpha value is -0.260. The average Bonchev–Trinajstić information content (AvgIpc) is 2.09. The van der Waals surface area contributed by atoms with Gasteiger partial charge in [-0.25, -0.2) is 4.98 Å². The number of rotatable bonds is 3. The maximum atomic E-state index is 8.72. The Bertz CT molecular complexity index is 260. The van der Waals surface area contributed by atoms with Crippen molar-refractivity contribution in [2.45, 2.75) is 13.0 Å². The monoisotopic (exact) mass is 265 g/mol. The smallest absolute Gasteiger partial charge is 0.228 e. The van der Waals surface area contributed by atoms with E-state index in [1.807, 2.05) is 6.07 Å². The van der Waals surface area contributed by atoms with Crippen molar-refractivity contribution in [3.05, 3.63) is 22.8 Å². The first-order chi connectivity index (χ1) is 5.74. The molecule has 5 heteroatoms. The minimum atomic E-state index is -0.226. The standard InChI is InChI=1S/C8H10BrNO2.H2S/c1-6(5-11)12-8-7(9)3-2-4-10-8;/h2-4,6,11H,5H2,1H3;1H2/t6-;/m0./s1. The third kappa shape index (κ3) is 3.97. The summed E-state index contributed by atoms with van der Waals surface area (Å²) < 4.78 is 6.08. The zero-order chi connectivity index (χ0) is 8.97. The van der Waals surface area contributed by atoms with Crippen LogP contribution in [0.1, 0.15) is 6.92 Å². The van der Waals surface area contributed by atoms with Gasteiger partial charge in [-0.05, 0) is 35.0 Å². The summed E-state index contributed by atoms with van der Waals surface area (Å²) in [6, 6.07) is 3.65. The molecular weight excluding hydrogens is 254 g/mol. The van der Waals surface area contributed by atoms with E-state index in [0.717, 1.165) is 4.47 Å². The Kier molecular flexibility index (Phi) is 6.11. The second-order valence-corrected chi connectivity index (χ2v) is 3.26. The predicted molar refractivity (Wildman–Crippen MR) is 59.5 cm³/mol. The molecule has 13 heavy (non-hydrogen) atoms. The number of hydrogen-bond donors (Lipinski definition) is 1. The normalized spacial score (nSPS) is 11.6. The van der Waals surface area contributed by atoms with Crippen LogP contribution < -0.4 is 4.74 Å². The number of nitrogens with zero attached hydrogens (tertiary/aromatic N) is 1. The van der Waals surface area contributed by atoms with Crippen LogP contribution in [0, 0.1) is 0 Å². The van der Waals surface area contributed by atoms with Crippen molar-refractivity contribution in [3.8, 4) is 5.88 Å². The zero-order valence-electron chi connectivity index (χ0n) is 7.20. The summed E-state index contributed by atoms with van der Waals surface area (Å²) in [5.41, 5.74) is 0. The zero-order valence-corrected chi connectivity index (χ0v) is 9.78. The first-order valence-corrected chi connectivity index (χ1v) is 4.41. The second kappa shape index (κ2) is 6.23. The van der Waals surface area contributed by atoms with Gasteiger partial charge in [0, 0.05) is 6.20 Å². The third-order valence-corrected chi connectivity index (χ3v) is 1.90. The van der Waals surface area contributed by atoms with E-state index in [0.29, 0.717) is 5.88 Å². The van der Waals surface area contributed by atoms with Gasteiger partial charge < -0.3 is 9.84 Å². The molecule has 0 aliphatic rings. The van der Waals surface area contributed by atoms with Crippen molar-refractivity contribution < 1.29 is 9.84 Å². The highest BCUT2D eigenvalue weighted by molar-refractivity contribution is 9.10. The van der Waals surface area contributed by atoms with Crippen molar-refractivity contribution in [2.24, 2.45) is 0 Å². The van der Waals surface area contributed by atoms with Crippen LogP contribution in [0.5, 0.6) is 5.88 Å². The van der Waals surface area contributed by atoms with Gasteiger partial charge in [0.05, 0.1) is 11.1 Å². The lowest BCUT2D eigenvalue weighted by Crippen LogP contribution is -2.17. The number of pyridine rings is 1.